The quantitative estimate of drug-likeness (QED) is 0.474. The van der Waals surface area contributed by atoms with E-state index in [4.69, 9.17) is 11.6 Å². The molecule has 5 nitrogen and oxygen atoms in total. The van der Waals surface area contributed by atoms with Crippen molar-refractivity contribution in [2.45, 2.75) is 6.54 Å². The lowest BCUT2D eigenvalue weighted by Gasteiger charge is -2.13. The lowest BCUT2D eigenvalue weighted by atomic mass is 10.2. The molecule has 0 radical (unpaired) electrons. The van der Waals surface area contributed by atoms with Crippen molar-refractivity contribution >= 4 is 17.4 Å². The Bertz CT molecular complexity index is 506. The fourth-order valence-corrected chi connectivity index (χ4v) is 1.51. The number of hydrogen-bond donors (Lipinski definition) is 0. The van der Waals surface area contributed by atoms with Crippen LogP contribution in [0.25, 0.3) is 0 Å². The maximum Gasteiger partial charge on any atom is 0.157 e. The van der Waals surface area contributed by atoms with E-state index in [0.717, 1.165) is 5.56 Å². The number of rotatable bonds is 4. The van der Waals surface area contributed by atoms with Crippen molar-refractivity contribution < 1.29 is 0 Å². The Hall–Kier alpha value is -2.01. The van der Waals surface area contributed by atoms with Gasteiger partial charge in [-0.25, -0.2) is 15.0 Å². The van der Waals surface area contributed by atoms with Crippen LogP contribution in [0.5, 0.6) is 0 Å². The molecule has 1 aromatic heterocycles. The molecule has 0 unspecified atom stereocenters. The molecule has 17 heavy (non-hydrogen) atoms. The van der Waals surface area contributed by atoms with Gasteiger partial charge in [-0.2, -0.15) is 0 Å². The molecule has 0 bridgehead atoms. The Morgan fingerprint density at radius 3 is 2.65 bits per heavy atom. The van der Waals surface area contributed by atoms with E-state index in [1.807, 2.05) is 30.3 Å². The summed E-state index contributed by atoms with van der Waals surface area (Å²) >= 11 is 5.73. The van der Waals surface area contributed by atoms with Crippen LogP contribution in [0, 0.1) is 4.91 Å². The Morgan fingerprint density at radius 2 is 2.00 bits per heavy atom. The topological polar surface area (TPSA) is 58.5 Å². The molecule has 0 aliphatic heterocycles. The molecule has 0 amide bonds. The zero-order chi connectivity index (χ0) is 12.1. The van der Waals surface area contributed by atoms with Gasteiger partial charge >= 0.3 is 0 Å². The maximum absolute atomic E-state index is 10.8. The van der Waals surface area contributed by atoms with Crippen LogP contribution in [-0.2, 0) is 6.54 Å². The first-order valence-electron chi connectivity index (χ1n) is 4.92. The zero-order valence-electron chi connectivity index (χ0n) is 8.82. The van der Waals surface area contributed by atoms with Crippen molar-refractivity contribution in [3.8, 4) is 0 Å². The van der Waals surface area contributed by atoms with Crippen molar-refractivity contribution in [1.29, 1.82) is 0 Å². The fourth-order valence-electron chi connectivity index (χ4n) is 1.37. The molecule has 0 aliphatic carbocycles. The van der Waals surface area contributed by atoms with Crippen LogP contribution in [0.2, 0.25) is 5.15 Å². The van der Waals surface area contributed by atoms with Crippen molar-refractivity contribution in [1.82, 2.24) is 9.97 Å². The average Bonchev–Trinajstić information content (AvgIpc) is 2.37. The molecule has 0 aliphatic rings. The van der Waals surface area contributed by atoms with Gasteiger partial charge in [0.25, 0.3) is 0 Å². The van der Waals surface area contributed by atoms with E-state index in [1.165, 1.54) is 17.4 Å². The Morgan fingerprint density at radius 1 is 1.24 bits per heavy atom. The van der Waals surface area contributed by atoms with E-state index in [1.54, 1.807) is 0 Å². The van der Waals surface area contributed by atoms with Crippen LogP contribution in [0.3, 0.4) is 0 Å². The van der Waals surface area contributed by atoms with Gasteiger partial charge in [-0.3, -0.25) is 0 Å². The fraction of sp³-hybridized carbons (Fsp3) is 0.0909. The minimum absolute atomic E-state index is 0.275. The second-order valence-corrected chi connectivity index (χ2v) is 3.71. The number of nitrogens with zero attached hydrogens (tertiary/aromatic N) is 4. The van der Waals surface area contributed by atoms with E-state index in [2.05, 4.69) is 15.3 Å². The number of aromatic nitrogens is 2. The van der Waals surface area contributed by atoms with Crippen LogP contribution < -0.4 is 5.01 Å². The van der Waals surface area contributed by atoms with E-state index in [9.17, 15) is 4.91 Å². The summed E-state index contributed by atoms with van der Waals surface area (Å²) in [5.74, 6) is 0.379. The summed E-state index contributed by atoms with van der Waals surface area (Å²) in [6.07, 6.45) is 1.29. The molecule has 0 atom stereocenters. The lowest BCUT2D eigenvalue weighted by Crippen LogP contribution is -2.16. The molecule has 1 heterocycles. The van der Waals surface area contributed by atoms with Gasteiger partial charge in [0.05, 0.1) is 11.8 Å². The predicted octanol–water partition coefficient (Wildman–Crippen LogP) is 2.82. The second-order valence-electron chi connectivity index (χ2n) is 3.32. The smallest absolute Gasteiger partial charge is 0.157 e. The third-order valence-corrected chi connectivity index (χ3v) is 2.36. The number of halogens is 1. The zero-order valence-corrected chi connectivity index (χ0v) is 9.58. The van der Waals surface area contributed by atoms with Crippen LogP contribution >= 0.6 is 11.6 Å². The minimum atomic E-state index is 0.275. The molecular formula is C11H9ClN4O. The second kappa shape index (κ2) is 5.36. The van der Waals surface area contributed by atoms with Crippen LogP contribution in [0.1, 0.15) is 5.56 Å². The normalized spacial score (nSPS) is 9.94. The van der Waals surface area contributed by atoms with E-state index in [-0.39, 0.29) is 5.15 Å². The van der Waals surface area contributed by atoms with E-state index >= 15 is 0 Å². The van der Waals surface area contributed by atoms with E-state index < -0.39 is 0 Å². The van der Waals surface area contributed by atoms with Gasteiger partial charge in [-0.05, 0) is 5.56 Å². The van der Waals surface area contributed by atoms with Crippen molar-refractivity contribution in [3.63, 3.8) is 0 Å². The molecular weight excluding hydrogens is 240 g/mol. The first-order valence-corrected chi connectivity index (χ1v) is 5.29. The minimum Gasteiger partial charge on any atom is -0.224 e. The third kappa shape index (κ3) is 2.98. The monoisotopic (exact) mass is 248 g/mol. The molecule has 0 saturated carbocycles. The van der Waals surface area contributed by atoms with Gasteiger partial charge in [0.2, 0.25) is 0 Å². The Balaban J connectivity index is 2.20. The van der Waals surface area contributed by atoms with Crippen molar-refractivity contribution in [2.24, 2.45) is 5.29 Å². The summed E-state index contributed by atoms with van der Waals surface area (Å²) in [7, 11) is 0. The average molecular weight is 249 g/mol. The molecule has 6 heteroatoms. The summed E-state index contributed by atoms with van der Waals surface area (Å²) in [6, 6.07) is 11.0. The molecule has 0 fully saturated rings. The molecule has 1 aromatic carbocycles. The molecule has 86 valence electrons. The number of nitroso groups, excluding NO2 is 1. The van der Waals surface area contributed by atoms with Gasteiger partial charge in [0.15, 0.2) is 5.82 Å². The number of anilines is 1. The van der Waals surface area contributed by atoms with Crippen molar-refractivity contribution in [3.05, 3.63) is 58.3 Å². The highest BCUT2D eigenvalue weighted by atomic mass is 35.5. The number of hydrogen-bond acceptors (Lipinski definition) is 4. The van der Waals surface area contributed by atoms with Crippen LogP contribution in [0.4, 0.5) is 5.82 Å². The molecule has 0 spiro atoms. The van der Waals surface area contributed by atoms with Crippen LogP contribution in [-0.4, -0.2) is 9.97 Å². The Labute approximate surface area is 103 Å². The summed E-state index contributed by atoms with van der Waals surface area (Å²) < 4.78 is 0. The maximum atomic E-state index is 10.8. The number of benzene rings is 1. The first kappa shape index (κ1) is 11.5. The predicted molar refractivity (Wildman–Crippen MR) is 65.5 cm³/mol. The first-order chi connectivity index (χ1) is 8.29. The SMILES string of the molecule is O=NN(Cc1ccccc1)c1cc(Cl)ncn1. The van der Waals surface area contributed by atoms with Gasteiger partial charge in [0.1, 0.15) is 11.5 Å². The van der Waals surface area contributed by atoms with Crippen molar-refractivity contribution in [2.75, 3.05) is 5.01 Å². The summed E-state index contributed by atoms with van der Waals surface area (Å²) in [6.45, 7) is 0.345. The highest BCUT2D eigenvalue weighted by Crippen LogP contribution is 2.17. The van der Waals surface area contributed by atoms with Gasteiger partial charge in [-0.1, -0.05) is 41.9 Å². The lowest BCUT2D eigenvalue weighted by molar-refractivity contribution is 0.823. The summed E-state index contributed by atoms with van der Waals surface area (Å²) in [5.41, 5.74) is 0.960. The molecule has 2 aromatic rings. The van der Waals surface area contributed by atoms with E-state index in [0.29, 0.717) is 12.4 Å². The summed E-state index contributed by atoms with van der Waals surface area (Å²) in [4.78, 5) is 18.5. The van der Waals surface area contributed by atoms with Crippen LogP contribution in [0.15, 0.2) is 48.0 Å². The molecule has 2 rings (SSSR count). The summed E-state index contributed by atoms with van der Waals surface area (Å²) in [5, 5.41) is 4.43. The Kier molecular flexibility index (Phi) is 3.62. The molecule has 0 saturated heterocycles. The van der Waals surface area contributed by atoms with Gasteiger partial charge in [-0.15, -0.1) is 4.91 Å². The highest BCUT2D eigenvalue weighted by Gasteiger charge is 2.09. The standard InChI is InChI=1S/C11H9ClN4O/c12-10-6-11(14-8-13-10)16(15-17)7-9-4-2-1-3-5-9/h1-6,8H,7H2. The largest absolute Gasteiger partial charge is 0.224 e. The van der Waals surface area contributed by atoms with Gasteiger partial charge < -0.3 is 0 Å². The molecule has 0 N–H and O–H groups in total. The third-order valence-electron chi connectivity index (χ3n) is 2.16. The highest BCUT2D eigenvalue weighted by molar-refractivity contribution is 6.29. The van der Waals surface area contributed by atoms with Gasteiger partial charge in [0, 0.05) is 6.07 Å².